The van der Waals surface area contributed by atoms with Crippen molar-refractivity contribution in [2.24, 2.45) is 5.10 Å². The monoisotopic (exact) mass is 381 g/mol. The summed E-state index contributed by atoms with van der Waals surface area (Å²) >= 11 is 0. The maximum atomic E-state index is 4.73. The molecule has 5 heteroatoms. The van der Waals surface area contributed by atoms with Gasteiger partial charge < -0.3 is 4.90 Å². The van der Waals surface area contributed by atoms with E-state index in [4.69, 9.17) is 4.98 Å². The molecule has 0 aliphatic carbocycles. The lowest BCUT2D eigenvalue weighted by Crippen LogP contribution is -2.08. The van der Waals surface area contributed by atoms with Crippen LogP contribution in [0.25, 0.3) is 22.2 Å². The molecule has 0 bridgehead atoms. The van der Waals surface area contributed by atoms with Gasteiger partial charge in [0, 0.05) is 30.7 Å². The van der Waals surface area contributed by atoms with Crippen LogP contribution >= 0.6 is 0 Å². The SMILES string of the molecule is Cc1ccc(-c2nc(NN=Cc3ccc(N(C)C)cc3)nc3ccccc23)cc1. The molecule has 0 saturated carbocycles. The summed E-state index contributed by atoms with van der Waals surface area (Å²) in [6.07, 6.45) is 1.77. The molecule has 3 aromatic carbocycles. The quantitative estimate of drug-likeness (QED) is 0.385. The number of benzene rings is 3. The second kappa shape index (κ2) is 8.10. The number of nitrogens with one attached hydrogen (secondary N) is 1. The van der Waals surface area contributed by atoms with Crippen molar-refractivity contribution in [1.29, 1.82) is 0 Å². The number of nitrogens with zero attached hydrogens (tertiary/aromatic N) is 4. The Morgan fingerprint density at radius 1 is 0.862 bits per heavy atom. The molecule has 0 fully saturated rings. The van der Waals surface area contributed by atoms with Gasteiger partial charge in [-0.05, 0) is 30.7 Å². The number of aryl methyl sites for hydroxylation is 1. The number of hydrogen-bond donors (Lipinski definition) is 1. The van der Waals surface area contributed by atoms with E-state index in [0.717, 1.165) is 33.4 Å². The minimum Gasteiger partial charge on any atom is -0.378 e. The predicted molar refractivity (Wildman–Crippen MR) is 122 cm³/mol. The Labute approximate surface area is 170 Å². The van der Waals surface area contributed by atoms with Gasteiger partial charge in [-0.15, -0.1) is 0 Å². The standard InChI is InChI=1S/C24H23N5/c1-17-8-12-19(13-9-17)23-21-6-4-5-7-22(21)26-24(27-23)28-25-16-18-10-14-20(15-11-18)29(2)3/h4-16H,1-3H3,(H,26,27,28). The van der Waals surface area contributed by atoms with Gasteiger partial charge in [-0.25, -0.2) is 15.4 Å². The van der Waals surface area contributed by atoms with Crippen molar-refractivity contribution in [2.45, 2.75) is 6.92 Å². The van der Waals surface area contributed by atoms with Crippen LogP contribution in [0.2, 0.25) is 0 Å². The Bertz CT molecular complexity index is 1150. The van der Waals surface area contributed by atoms with Crippen LogP contribution < -0.4 is 10.3 Å². The van der Waals surface area contributed by atoms with Crippen LogP contribution in [-0.2, 0) is 0 Å². The van der Waals surface area contributed by atoms with Crippen molar-refractivity contribution in [1.82, 2.24) is 9.97 Å². The van der Waals surface area contributed by atoms with Gasteiger partial charge in [0.25, 0.3) is 0 Å². The molecule has 1 N–H and O–H groups in total. The van der Waals surface area contributed by atoms with E-state index in [9.17, 15) is 0 Å². The van der Waals surface area contributed by atoms with Gasteiger partial charge in [0.2, 0.25) is 5.95 Å². The molecule has 5 nitrogen and oxygen atoms in total. The number of anilines is 2. The molecule has 0 spiro atoms. The van der Waals surface area contributed by atoms with Gasteiger partial charge in [-0.1, -0.05) is 60.2 Å². The Morgan fingerprint density at radius 2 is 1.59 bits per heavy atom. The fourth-order valence-corrected chi connectivity index (χ4v) is 3.08. The van der Waals surface area contributed by atoms with Crippen LogP contribution in [0.3, 0.4) is 0 Å². The summed E-state index contributed by atoms with van der Waals surface area (Å²) in [7, 11) is 4.04. The Morgan fingerprint density at radius 3 is 2.31 bits per heavy atom. The average Bonchev–Trinajstić information content (AvgIpc) is 2.74. The molecule has 0 atom stereocenters. The molecule has 144 valence electrons. The van der Waals surface area contributed by atoms with Gasteiger partial charge >= 0.3 is 0 Å². The zero-order valence-electron chi connectivity index (χ0n) is 16.8. The van der Waals surface area contributed by atoms with Crippen molar-refractivity contribution in [3.05, 3.63) is 83.9 Å². The lowest BCUT2D eigenvalue weighted by atomic mass is 10.1. The second-order valence-corrected chi connectivity index (χ2v) is 7.13. The summed E-state index contributed by atoms with van der Waals surface area (Å²) < 4.78 is 0. The zero-order valence-corrected chi connectivity index (χ0v) is 16.8. The Hall–Kier alpha value is -3.73. The summed E-state index contributed by atoms with van der Waals surface area (Å²) in [5, 5.41) is 5.35. The number of para-hydroxylation sites is 1. The van der Waals surface area contributed by atoms with Gasteiger partial charge in [-0.3, -0.25) is 0 Å². The van der Waals surface area contributed by atoms with E-state index in [0.29, 0.717) is 5.95 Å². The highest BCUT2D eigenvalue weighted by molar-refractivity contribution is 5.93. The van der Waals surface area contributed by atoms with Crippen LogP contribution in [0, 0.1) is 6.92 Å². The van der Waals surface area contributed by atoms with Crippen LogP contribution in [0.4, 0.5) is 11.6 Å². The zero-order chi connectivity index (χ0) is 20.2. The molecule has 0 saturated heterocycles. The first-order valence-electron chi connectivity index (χ1n) is 9.50. The van der Waals surface area contributed by atoms with Gasteiger partial charge in [0.05, 0.1) is 17.4 Å². The normalized spacial score (nSPS) is 11.1. The highest BCUT2D eigenvalue weighted by Crippen LogP contribution is 2.27. The molecule has 4 aromatic rings. The van der Waals surface area contributed by atoms with Crippen molar-refractivity contribution >= 4 is 28.8 Å². The second-order valence-electron chi connectivity index (χ2n) is 7.13. The van der Waals surface area contributed by atoms with Crippen LogP contribution in [0.15, 0.2) is 77.9 Å². The minimum absolute atomic E-state index is 0.473. The smallest absolute Gasteiger partial charge is 0.244 e. The average molecular weight is 381 g/mol. The number of aromatic nitrogens is 2. The molecule has 1 aromatic heterocycles. The molecular formula is C24H23N5. The van der Waals surface area contributed by atoms with Crippen molar-refractivity contribution in [3.8, 4) is 11.3 Å². The third-order valence-electron chi connectivity index (χ3n) is 4.72. The van der Waals surface area contributed by atoms with E-state index in [-0.39, 0.29) is 0 Å². The fraction of sp³-hybridized carbons (Fsp3) is 0.125. The first-order chi connectivity index (χ1) is 14.1. The van der Waals surface area contributed by atoms with Gasteiger partial charge in [-0.2, -0.15) is 5.10 Å². The highest BCUT2D eigenvalue weighted by Gasteiger charge is 2.09. The molecule has 0 aliphatic rings. The van der Waals surface area contributed by atoms with E-state index in [1.807, 2.05) is 50.5 Å². The molecule has 0 amide bonds. The van der Waals surface area contributed by atoms with E-state index in [2.05, 4.69) is 63.7 Å². The van der Waals surface area contributed by atoms with Crippen molar-refractivity contribution in [3.63, 3.8) is 0 Å². The Balaban J connectivity index is 1.63. The molecule has 0 aliphatic heterocycles. The maximum absolute atomic E-state index is 4.73. The predicted octanol–water partition coefficient (Wildman–Crippen LogP) is 5.12. The highest BCUT2D eigenvalue weighted by atomic mass is 15.3. The third kappa shape index (κ3) is 4.24. The maximum Gasteiger partial charge on any atom is 0.244 e. The lowest BCUT2D eigenvalue weighted by molar-refractivity contribution is 1.13. The summed E-state index contributed by atoms with van der Waals surface area (Å²) in [5.74, 6) is 0.473. The number of hydrogen-bond acceptors (Lipinski definition) is 5. The summed E-state index contributed by atoms with van der Waals surface area (Å²) in [5.41, 5.74) is 9.18. The van der Waals surface area contributed by atoms with Crippen LogP contribution in [-0.4, -0.2) is 30.3 Å². The van der Waals surface area contributed by atoms with Crippen LogP contribution in [0.5, 0.6) is 0 Å². The topological polar surface area (TPSA) is 53.4 Å². The molecular weight excluding hydrogens is 358 g/mol. The van der Waals surface area contributed by atoms with E-state index in [1.54, 1.807) is 6.21 Å². The van der Waals surface area contributed by atoms with Crippen molar-refractivity contribution in [2.75, 3.05) is 24.4 Å². The number of fused-ring (bicyclic) bond motifs is 1. The van der Waals surface area contributed by atoms with Crippen LogP contribution in [0.1, 0.15) is 11.1 Å². The first-order valence-corrected chi connectivity index (χ1v) is 9.50. The number of rotatable bonds is 5. The van der Waals surface area contributed by atoms with E-state index in [1.165, 1.54) is 5.56 Å². The van der Waals surface area contributed by atoms with E-state index >= 15 is 0 Å². The van der Waals surface area contributed by atoms with E-state index < -0.39 is 0 Å². The summed E-state index contributed by atoms with van der Waals surface area (Å²) in [4.78, 5) is 11.4. The molecule has 29 heavy (non-hydrogen) atoms. The lowest BCUT2D eigenvalue weighted by Gasteiger charge is -2.11. The minimum atomic E-state index is 0.473. The fourth-order valence-electron chi connectivity index (χ4n) is 3.08. The van der Waals surface area contributed by atoms with Crippen molar-refractivity contribution < 1.29 is 0 Å². The first kappa shape index (κ1) is 18.6. The van der Waals surface area contributed by atoms with Gasteiger partial charge in [0.1, 0.15) is 0 Å². The molecule has 4 rings (SSSR count). The molecule has 0 unspecified atom stereocenters. The largest absolute Gasteiger partial charge is 0.378 e. The number of hydrazone groups is 1. The van der Waals surface area contributed by atoms with Gasteiger partial charge in [0.15, 0.2) is 0 Å². The Kier molecular flexibility index (Phi) is 5.20. The summed E-state index contributed by atoms with van der Waals surface area (Å²) in [6.45, 7) is 2.08. The molecule has 0 radical (unpaired) electrons. The summed E-state index contributed by atoms with van der Waals surface area (Å²) in [6, 6.07) is 24.6. The molecule has 1 heterocycles. The third-order valence-corrected chi connectivity index (χ3v) is 4.72.